The van der Waals surface area contributed by atoms with E-state index in [2.05, 4.69) is 26.1 Å². The van der Waals surface area contributed by atoms with E-state index < -0.39 is 0 Å². The molecule has 1 N–H and O–H groups in total. The van der Waals surface area contributed by atoms with Gasteiger partial charge in [0.05, 0.1) is 13.2 Å². The molecule has 2 aliphatic heterocycles. The zero-order chi connectivity index (χ0) is 12.5. The number of nitrogens with one attached hydrogen (secondary N) is 1. The van der Waals surface area contributed by atoms with Crippen molar-refractivity contribution in [2.24, 2.45) is 5.92 Å². The summed E-state index contributed by atoms with van der Waals surface area (Å²) in [4.78, 5) is 14.4. The monoisotopic (exact) mass is 240 g/mol. The number of amides is 1. The van der Waals surface area contributed by atoms with E-state index in [-0.39, 0.29) is 17.5 Å². The molecule has 0 aliphatic carbocycles. The summed E-state index contributed by atoms with van der Waals surface area (Å²) in [6.45, 7) is 9.74. The molecule has 0 aromatic rings. The van der Waals surface area contributed by atoms with Gasteiger partial charge in [0.15, 0.2) is 0 Å². The van der Waals surface area contributed by atoms with Crippen LogP contribution in [0.3, 0.4) is 0 Å². The lowest BCUT2D eigenvalue weighted by Gasteiger charge is -2.33. The molecule has 0 bridgehead atoms. The number of nitrogens with zero attached hydrogens (tertiary/aromatic N) is 1. The van der Waals surface area contributed by atoms with Crippen LogP contribution in [0.1, 0.15) is 33.6 Å². The van der Waals surface area contributed by atoms with Crippen LogP contribution >= 0.6 is 0 Å². The molecule has 0 radical (unpaired) electrons. The van der Waals surface area contributed by atoms with E-state index in [4.69, 9.17) is 4.74 Å². The van der Waals surface area contributed by atoms with E-state index in [1.54, 1.807) is 0 Å². The van der Waals surface area contributed by atoms with Crippen LogP contribution < -0.4 is 5.32 Å². The predicted molar refractivity (Wildman–Crippen MR) is 66.8 cm³/mol. The standard InChI is InChI=1S/C13H24N2O2/c1-10-7-13(2,3)15(8-10)12(16)6-11-9-17-5-4-14-11/h10-11,14H,4-9H2,1-3H3. The van der Waals surface area contributed by atoms with Crippen molar-refractivity contribution >= 4 is 5.91 Å². The summed E-state index contributed by atoms with van der Waals surface area (Å²) < 4.78 is 5.39. The number of carbonyl (C=O) groups excluding carboxylic acids is 1. The largest absolute Gasteiger partial charge is 0.378 e. The molecule has 1 amide bonds. The zero-order valence-corrected chi connectivity index (χ0v) is 11.2. The van der Waals surface area contributed by atoms with Crippen molar-refractivity contribution < 1.29 is 9.53 Å². The Kier molecular flexibility index (Phi) is 3.73. The quantitative estimate of drug-likeness (QED) is 0.783. The number of morpholine rings is 1. The van der Waals surface area contributed by atoms with Crippen molar-refractivity contribution in [3.8, 4) is 0 Å². The van der Waals surface area contributed by atoms with Crippen molar-refractivity contribution in [3.63, 3.8) is 0 Å². The van der Waals surface area contributed by atoms with Gasteiger partial charge in [0.1, 0.15) is 0 Å². The summed E-state index contributed by atoms with van der Waals surface area (Å²) in [5.74, 6) is 0.881. The molecular weight excluding hydrogens is 216 g/mol. The van der Waals surface area contributed by atoms with Crippen molar-refractivity contribution in [2.45, 2.75) is 45.2 Å². The van der Waals surface area contributed by atoms with Gasteiger partial charge in [0.25, 0.3) is 0 Å². The molecule has 0 aromatic carbocycles. The van der Waals surface area contributed by atoms with Gasteiger partial charge >= 0.3 is 0 Å². The van der Waals surface area contributed by atoms with Crippen LogP contribution in [0.15, 0.2) is 0 Å². The second-order valence-corrected chi connectivity index (χ2v) is 6.06. The van der Waals surface area contributed by atoms with Crippen LogP contribution in [0.2, 0.25) is 0 Å². The first kappa shape index (κ1) is 12.8. The van der Waals surface area contributed by atoms with Crippen molar-refractivity contribution in [1.82, 2.24) is 10.2 Å². The van der Waals surface area contributed by atoms with Crippen LogP contribution in [0.5, 0.6) is 0 Å². The molecular formula is C13H24N2O2. The SMILES string of the molecule is CC1CN(C(=O)CC2COCCN2)C(C)(C)C1. The zero-order valence-electron chi connectivity index (χ0n) is 11.2. The molecule has 0 spiro atoms. The van der Waals surface area contributed by atoms with E-state index in [9.17, 15) is 4.79 Å². The summed E-state index contributed by atoms with van der Waals surface area (Å²) in [6.07, 6.45) is 1.67. The first-order valence-corrected chi connectivity index (χ1v) is 6.60. The Morgan fingerprint density at radius 3 is 2.82 bits per heavy atom. The summed E-state index contributed by atoms with van der Waals surface area (Å²) in [5, 5.41) is 3.34. The molecule has 17 heavy (non-hydrogen) atoms. The number of ether oxygens (including phenoxy) is 1. The highest BCUT2D eigenvalue weighted by atomic mass is 16.5. The average Bonchev–Trinajstić information content (AvgIpc) is 2.53. The fourth-order valence-corrected chi connectivity index (χ4v) is 3.10. The Hall–Kier alpha value is -0.610. The first-order valence-electron chi connectivity index (χ1n) is 6.60. The minimum atomic E-state index is 0.0199. The van der Waals surface area contributed by atoms with Crippen LogP contribution in [0.4, 0.5) is 0 Å². The van der Waals surface area contributed by atoms with E-state index in [0.717, 1.165) is 26.1 Å². The third kappa shape index (κ3) is 2.99. The lowest BCUT2D eigenvalue weighted by Crippen LogP contribution is -2.48. The molecule has 2 saturated heterocycles. The van der Waals surface area contributed by atoms with Gasteiger partial charge in [-0.25, -0.2) is 0 Å². The van der Waals surface area contributed by atoms with Gasteiger partial charge in [-0.15, -0.1) is 0 Å². The number of hydrogen-bond donors (Lipinski definition) is 1. The van der Waals surface area contributed by atoms with Crippen LogP contribution in [0.25, 0.3) is 0 Å². The Labute approximate surface area is 104 Å². The Balaban J connectivity index is 1.91. The van der Waals surface area contributed by atoms with Crippen molar-refractivity contribution in [3.05, 3.63) is 0 Å². The Morgan fingerprint density at radius 2 is 2.29 bits per heavy atom. The maximum atomic E-state index is 12.3. The maximum absolute atomic E-state index is 12.3. The van der Waals surface area contributed by atoms with Gasteiger partial charge in [-0.3, -0.25) is 4.79 Å². The van der Waals surface area contributed by atoms with Gasteiger partial charge in [-0.2, -0.15) is 0 Å². The van der Waals surface area contributed by atoms with Crippen LogP contribution in [0, 0.1) is 5.92 Å². The molecule has 2 fully saturated rings. The molecule has 98 valence electrons. The highest BCUT2D eigenvalue weighted by Crippen LogP contribution is 2.32. The smallest absolute Gasteiger partial charge is 0.224 e. The van der Waals surface area contributed by atoms with E-state index in [1.165, 1.54) is 0 Å². The predicted octanol–water partition coefficient (Wildman–Crippen LogP) is 1.01. The van der Waals surface area contributed by atoms with E-state index >= 15 is 0 Å². The maximum Gasteiger partial charge on any atom is 0.224 e. The Bertz CT molecular complexity index is 285. The molecule has 0 aromatic heterocycles. The van der Waals surface area contributed by atoms with Gasteiger partial charge in [-0.05, 0) is 26.2 Å². The summed E-state index contributed by atoms with van der Waals surface area (Å²) in [5.41, 5.74) is 0.0199. The highest BCUT2D eigenvalue weighted by molar-refractivity contribution is 5.78. The second kappa shape index (κ2) is 4.94. The summed E-state index contributed by atoms with van der Waals surface area (Å²) in [6, 6.07) is 0.197. The summed E-state index contributed by atoms with van der Waals surface area (Å²) in [7, 11) is 0. The fourth-order valence-electron chi connectivity index (χ4n) is 3.10. The van der Waals surface area contributed by atoms with E-state index in [0.29, 0.717) is 18.9 Å². The number of carbonyl (C=O) groups is 1. The normalized spacial score (nSPS) is 32.8. The molecule has 2 heterocycles. The average molecular weight is 240 g/mol. The Morgan fingerprint density at radius 1 is 1.53 bits per heavy atom. The van der Waals surface area contributed by atoms with Crippen molar-refractivity contribution in [2.75, 3.05) is 26.3 Å². The van der Waals surface area contributed by atoms with Gasteiger partial charge in [0, 0.05) is 31.1 Å². The lowest BCUT2D eigenvalue weighted by atomic mass is 9.97. The third-order valence-electron chi connectivity index (χ3n) is 3.79. The lowest BCUT2D eigenvalue weighted by molar-refractivity contribution is -0.135. The number of rotatable bonds is 2. The van der Waals surface area contributed by atoms with Gasteiger partial charge < -0.3 is 15.0 Å². The molecule has 0 saturated carbocycles. The number of likely N-dealkylation sites (tertiary alicyclic amines) is 1. The fraction of sp³-hybridized carbons (Fsp3) is 0.923. The first-order chi connectivity index (χ1) is 7.99. The number of hydrogen-bond acceptors (Lipinski definition) is 3. The third-order valence-corrected chi connectivity index (χ3v) is 3.79. The van der Waals surface area contributed by atoms with Gasteiger partial charge in [0.2, 0.25) is 5.91 Å². The van der Waals surface area contributed by atoms with Crippen LogP contribution in [-0.4, -0.2) is 48.7 Å². The molecule has 2 aliphatic rings. The summed E-state index contributed by atoms with van der Waals surface area (Å²) >= 11 is 0. The van der Waals surface area contributed by atoms with Crippen LogP contribution in [-0.2, 0) is 9.53 Å². The van der Waals surface area contributed by atoms with E-state index in [1.807, 2.05) is 4.90 Å². The minimum absolute atomic E-state index is 0.0199. The topological polar surface area (TPSA) is 41.6 Å². The molecule has 2 unspecified atom stereocenters. The van der Waals surface area contributed by atoms with Crippen molar-refractivity contribution in [1.29, 1.82) is 0 Å². The molecule has 4 nitrogen and oxygen atoms in total. The highest BCUT2D eigenvalue weighted by Gasteiger charge is 2.39. The second-order valence-electron chi connectivity index (χ2n) is 6.06. The van der Waals surface area contributed by atoms with Gasteiger partial charge in [-0.1, -0.05) is 6.92 Å². The molecule has 4 heteroatoms. The molecule has 2 atom stereocenters. The molecule has 2 rings (SSSR count). The minimum Gasteiger partial charge on any atom is -0.378 e.